The molecule has 0 radical (unpaired) electrons. The van der Waals surface area contributed by atoms with Gasteiger partial charge in [0.05, 0.1) is 25.1 Å². The number of nitrogens with zero attached hydrogens (tertiary/aromatic N) is 2. The van der Waals surface area contributed by atoms with Crippen molar-refractivity contribution in [1.82, 2.24) is 0 Å². The molecule has 0 spiro atoms. The van der Waals surface area contributed by atoms with E-state index in [-0.39, 0.29) is 0 Å². The molecule has 7 nitrogen and oxygen atoms in total. The maximum atomic E-state index is 13.2. The van der Waals surface area contributed by atoms with E-state index < -0.39 is 6.03 Å². The summed E-state index contributed by atoms with van der Waals surface area (Å²) in [6, 6.07) is 12.9. The summed E-state index contributed by atoms with van der Waals surface area (Å²) in [7, 11) is 0. The fraction of sp³-hybridized carbons (Fsp3) is 0. The van der Waals surface area contributed by atoms with Crippen LogP contribution in [0.4, 0.5) is 28.3 Å². The highest BCUT2D eigenvalue weighted by atomic mass is 16.4. The third-order valence-corrected chi connectivity index (χ3v) is 3.29. The highest BCUT2D eigenvalue weighted by molar-refractivity contribution is 6.09. The topological polar surface area (TPSA) is 76.1 Å². The number of carbonyl (C=O) groups is 1. The zero-order valence-corrected chi connectivity index (χ0v) is 12.4. The fourth-order valence-electron chi connectivity index (χ4n) is 2.28. The van der Waals surface area contributed by atoms with Gasteiger partial charge in [0.2, 0.25) is 23.5 Å². The lowest BCUT2D eigenvalue weighted by Crippen LogP contribution is -2.37. The Morgan fingerprint density at radius 2 is 0.875 bits per heavy atom. The van der Waals surface area contributed by atoms with Crippen molar-refractivity contribution in [2.75, 3.05) is 9.80 Å². The monoisotopic (exact) mass is 324 g/mol. The van der Waals surface area contributed by atoms with Crippen molar-refractivity contribution in [3.05, 3.63) is 73.6 Å². The Morgan fingerprint density at radius 1 is 0.583 bits per heavy atom. The van der Waals surface area contributed by atoms with Crippen LogP contribution in [0.15, 0.2) is 91.3 Å². The molecule has 0 aromatic carbocycles. The van der Waals surface area contributed by atoms with Gasteiger partial charge in [-0.3, -0.25) is 0 Å². The second-order valence-corrected chi connectivity index (χ2v) is 4.76. The molecule has 0 unspecified atom stereocenters. The van der Waals surface area contributed by atoms with Crippen LogP contribution in [0.1, 0.15) is 0 Å². The molecule has 0 aliphatic rings. The maximum Gasteiger partial charge on any atom is 0.347 e. The molecule has 4 heterocycles. The molecule has 0 N–H and O–H groups in total. The van der Waals surface area contributed by atoms with E-state index in [1.807, 2.05) is 0 Å². The molecule has 0 fully saturated rings. The lowest BCUT2D eigenvalue weighted by molar-refractivity contribution is 0.252. The molecule has 4 rings (SSSR count). The molecular formula is C17H12N2O5. The van der Waals surface area contributed by atoms with E-state index in [0.717, 1.165) is 0 Å². The van der Waals surface area contributed by atoms with E-state index in [2.05, 4.69) is 0 Å². The summed E-state index contributed by atoms with van der Waals surface area (Å²) >= 11 is 0. The number of hydrogen-bond acceptors (Lipinski definition) is 5. The molecule has 0 aliphatic heterocycles. The van der Waals surface area contributed by atoms with Crippen molar-refractivity contribution in [1.29, 1.82) is 0 Å². The van der Waals surface area contributed by atoms with Crippen molar-refractivity contribution in [2.45, 2.75) is 0 Å². The first-order valence-electron chi connectivity index (χ1n) is 7.13. The van der Waals surface area contributed by atoms with Crippen LogP contribution in [0.5, 0.6) is 0 Å². The number of urea groups is 1. The Balaban J connectivity index is 1.80. The van der Waals surface area contributed by atoms with E-state index in [4.69, 9.17) is 17.7 Å². The van der Waals surface area contributed by atoms with E-state index in [9.17, 15) is 4.79 Å². The third-order valence-electron chi connectivity index (χ3n) is 3.29. The molecule has 0 bridgehead atoms. The molecule has 120 valence electrons. The van der Waals surface area contributed by atoms with Gasteiger partial charge < -0.3 is 17.7 Å². The van der Waals surface area contributed by atoms with Gasteiger partial charge in [0, 0.05) is 24.3 Å². The van der Waals surface area contributed by atoms with Gasteiger partial charge >= 0.3 is 6.03 Å². The predicted molar refractivity (Wildman–Crippen MR) is 84.5 cm³/mol. The Bertz CT molecular complexity index is 734. The van der Waals surface area contributed by atoms with Crippen LogP contribution in [0.2, 0.25) is 0 Å². The van der Waals surface area contributed by atoms with Crippen LogP contribution in [0.25, 0.3) is 0 Å². The zero-order valence-electron chi connectivity index (χ0n) is 12.4. The Kier molecular flexibility index (Phi) is 3.43. The summed E-state index contributed by atoms with van der Waals surface area (Å²) in [5, 5.41) is 0. The number of furan rings is 4. The molecule has 4 aromatic rings. The van der Waals surface area contributed by atoms with Crippen LogP contribution in [0.3, 0.4) is 0 Å². The van der Waals surface area contributed by atoms with Crippen molar-refractivity contribution >= 4 is 29.6 Å². The van der Waals surface area contributed by atoms with Gasteiger partial charge in [0.1, 0.15) is 0 Å². The largest absolute Gasteiger partial charge is 0.448 e. The SMILES string of the molecule is O=C(N(c1ccco1)c1ccco1)N(c1ccco1)c1ccco1. The molecule has 0 aliphatic carbocycles. The van der Waals surface area contributed by atoms with Crippen molar-refractivity contribution in [3.8, 4) is 0 Å². The maximum absolute atomic E-state index is 13.2. The van der Waals surface area contributed by atoms with Crippen LogP contribution < -0.4 is 9.80 Å². The normalized spacial score (nSPS) is 10.7. The highest BCUT2D eigenvalue weighted by Gasteiger charge is 2.32. The van der Waals surface area contributed by atoms with Crippen LogP contribution in [0, 0.1) is 0 Å². The molecular weight excluding hydrogens is 312 g/mol. The van der Waals surface area contributed by atoms with E-state index in [1.165, 1.54) is 34.9 Å². The van der Waals surface area contributed by atoms with Gasteiger partial charge in [-0.2, -0.15) is 9.80 Å². The minimum Gasteiger partial charge on any atom is -0.448 e. The van der Waals surface area contributed by atoms with Crippen LogP contribution >= 0.6 is 0 Å². The number of carbonyl (C=O) groups excluding carboxylic acids is 1. The number of anilines is 4. The predicted octanol–water partition coefficient (Wildman–Crippen LogP) is 5.16. The first kappa shape index (κ1) is 14.0. The molecule has 4 aromatic heterocycles. The second kappa shape index (κ2) is 5.88. The Labute approximate surface area is 136 Å². The molecule has 0 atom stereocenters. The van der Waals surface area contributed by atoms with Gasteiger partial charge in [-0.05, 0) is 24.3 Å². The smallest absolute Gasteiger partial charge is 0.347 e. The first-order valence-corrected chi connectivity index (χ1v) is 7.13. The standard InChI is InChI=1S/C17H12N2O5/c20-17(18(13-5-1-9-21-13)14-6-2-10-22-14)19(15-7-3-11-23-15)16-8-4-12-24-16/h1-12H. The average Bonchev–Trinajstić information content (AvgIpc) is 3.38. The van der Waals surface area contributed by atoms with Gasteiger partial charge in [0.25, 0.3) is 0 Å². The Morgan fingerprint density at radius 3 is 1.08 bits per heavy atom. The first-order chi connectivity index (χ1) is 11.8. The number of hydrogen-bond donors (Lipinski definition) is 0. The summed E-state index contributed by atoms with van der Waals surface area (Å²) in [5.74, 6) is 1.22. The summed E-state index contributed by atoms with van der Waals surface area (Å²) in [6.45, 7) is 0. The van der Waals surface area contributed by atoms with Crippen molar-refractivity contribution in [3.63, 3.8) is 0 Å². The summed E-state index contributed by atoms with van der Waals surface area (Å²) in [6.07, 6.45) is 5.90. The molecule has 7 heteroatoms. The summed E-state index contributed by atoms with van der Waals surface area (Å²) in [5.41, 5.74) is 0. The van der Waals surface area contributed by atoms with Crippen LogP contribution in [-0.2, 0) is 0 Å². The van der Waals surface area contributed by atoms with Gasteiger partial charge in [-0.15, -0.1) is 0 Å². The summed E-state index contributed by atoms with van der Waals surface area (Å²) in [4.78, 5) is 15.8. The minimum absolute atomic E-state index is 0.304. The van der Waals surface area contributed by atoms with Crippen molar-refractivity contribution in [2.24, 2.45) is 0 Å². The van der Waals surface area contributed by atoms with Gasteiger partial charge in [-0.25, -0.2) is 4.79 Å². The third kappa shape index (κ3) is 2.38. The lowest BCUT2D eigenvalue weighted by Gasteiger charge is -2.24. The van der Waals surface area contributed by atoms with E-state index >= 15 is 0 Å². The van der Waals surface area contributed by atoms with Gasteiger partial charge in [-0.1, -0.05) is 0 Å². The molecule has 24 heavy (non-hydrogen) atoms. The van der Waals surface area contributed by atoms with Gasteiger partial charge in [0.15, 0.2) is 0 Å². The van der Waals surface area contributed by atoms with Crippen LogP contribution in [-0.4, -0.2) is 6.03 Å². The average molecular weight is 324 g/mol. The zero-order chi connectivity index (χ0) is 16.4. The Hall–Kier alpha value is -3.61. The number of rotatable bonds is 4. The molecule has 2 amide bonds. The second-order valence-electron chi connectivity index (χ2n) is 4.76. The molecule has 0 saturated heterocycles. The van der Waals surface area contributed by atoms with E-state index in [0.29, 0.717) is 23.5 Å². The minimum atomic E-state index is -0.482. The van der Waals surface area contributed by atoms with Crippen molar-refractivity contribution < 1.29 is 22.5 Å². The highest BCUT2D eigenvalue weighted by Crippen LogP contribution is 2.33. The fourth-order valence-corrected chi connectivity index (χ4v) is 2.28. The summed E-state index contributed by atoms with van der Waals surface area (Å²) < 4.78 is 21.5. The van der Waals surface area contributed by atoms with E-state index in [1.54, 1.807) is 48.5 Å². The lowest BCUT2D eigenvalue weighted by atomic mass is 10.4. The quantitative estimate of drug-likeness (QED) is 0.518. The molecule has 0 saturated carbocycles. The number of amides is 2.